The van der Waals surface area contributed by atoms with Crippen molar-refractivity contribution in [1.29, 1.82) is 0 Å². The van der Waals surface area contributed by atoms with Crippen LogP contribution in [0.25, 0.3) is 27.3 Å². The van der Waals surface area contributed by atoms with Crippen molar-refractivity contribution in [3.05, 3.63) is 60.4 Å². The van der Waals surface area contributed by atoms with Gasteiger partial charge in [-0.25, -0.2) is 0 Å². The molecule has 0 aliphatic heterocycles. The van der Waals surface area contributed by atoms with Crippen LogP contribution < -0.4 is 0 Å². The van der Waals surface area contributed by atoms with Gasteiger partial charge in [-0.3, -0.25) is 4.98 Å². The first-order valence-electron chi connectivity index (χ1n) is 6.01. The molecule has 0 atom stereocenters. The van der Waals surface area contributed by atoms with Gasteiger partial charge in [0.15, 0.2) is 0 Å². The van der Waals surface area contributed by atoms with Gasteiger partial charge in [0.25, 0.3) is 0 Å². The first kappa shape index (κ1) is 12.3. The third-order valence-corrected chi connectivity index (χ3v) is 3.45. The van der Waals surface area contributed by atoms with Crippen molar-refractivity contribution in [2.45, 2.75) is 6.92 Å². The van der Waals surface area contributed by atoms with Gasteiger partial charge in [-0.1, -0.05) is 23.6 Å². The summed E-state index contributed by atoms with van der Waals surface area (Å²) in [6, 6.07) is 17.9. The van der Waals surface area contributed by atoms with Crippen molar-refractivity contribution in [1.82, 2.24) is 9.38 Å². The van der Waals surface area contributed by atoms with E-state index in [1.54, 1.807) is 0 Å². The second-order valence-electron chi connectivity index (χ2n) is 4.53. The number of imidazole rings is 1. The average molecular weight is 423 g/mol. The van der Waals surface area contributed by atoms with Crippen LogP contribution in [0.2, 0.25) is 0 Å². The molecule has 2 heterocycles. The molecule has 0 bridgehead atoms. The van der Waals surface area contributed by atoms with Crippen LogP contribution in [0.15, 0.2) is 48.7 Å². The number of pyridine rings is 1. The molecule has 0 saturated heterocycles. The summed E-state index contributed by atoms with van der Waals surface area (Å²) < 4.78 is 2.20. The Balaban J connectivity index is 0.00000110. The molecule has 95 valence electrons. The number of hydrogen-bond donors (Lipinski definition) is 0. The minimum Gasteiger partial charge on any atom is -0.338 e. The van der Waals surface area contributed by atoms with E-state index >= 15 is 0 Å². The number of fused-ring (bicyclic) bond motifs is 6. The molecule has 19 heavy (non-hydrogen) atoms. The first-order chi connectivity index (χ1) is 8.86. The zero-order chi connectivity index (χ0) is 12.1. The molecule has 0 saturated carbocycles. The average Bonchev–Trinajstić information content (AvgIpc) is 2.82. The first-order valence-corrected chi connectivity index (χ1v) is 6.01. The zero-order valence-electron chi connectivity index (χ0n) is 10.3. The Kier molecular flexibility index (Phi) is 2.89. The molecule has 0 aliphatic carbocycles. The molecule has 0 amide bonds. The van der Waals surface area contributed by atoms with Crippen molar-refractivity contribution in [3.63, 3.8) is 0 Å². The van der Waals surface area contributed by atoms with Crippen molar-refractivity contribution < 1.29 is 20.1 Å². The Morgan fingerprint density at radius 2 is 1.84 bits per heavy atom. The summed E-state index contributed by atoms with van der Waals surface area (Å²) in [7, 11) is 0. The number of aromatic nitrogens is 2. The van der Waals surface area contributed by atoms with E-state index < -0.39 is 0 Å². The second-order valence-corrected chi connectivity index (χ2v) is 4.53. The van der Waals surface area contributed by atoms with Crippen LogP contribution in [0, 0.1) is 13.0 Å². The quantitative estimate of drug-likeness (QED) is 0.311. The molecule has 2 aromatic heterocycles. The van der Waals surface area contributed by atoms with E-state index in [9.17, 15) is 0 Å². The standard InChI is InChI=1S/C16H11N2.Ir/c1-11-10-17-16-14-8-3-2-6-12(14)13-7-4-5-9-15(13)18(11)16;/h2-7,9-10H,1H3;/q-1;. The summed E-state index contributed by atoms with van der Waals surface area (Å²) >= 11 is 0. The molecule has 0 spiro atoms. The third-order valence-electron chi connectivity index (χ3n) is 3.45. The molecule has 0 fully saturated rings. The van der Waals surface area contributed by atoms with Crippen LogP contribution in [-0.4, -0.2) is 9.38 Å². The number of hydrogen-bond acceptors (Lipinski definition) is 1. The monoisotopic (exact) mass is 424 g/mol. The summed E-state index contributed by atoms with van der Waals surface area (Å²) in [6.45, 7) is 2.08. The molecule has 4 aromatic rings. The van der Waals surface area contributed by atoms with Gasteiger partial charge in [-0.2, -0.15) is 0 Å². The summed E-state index contributed by atoms with van der Waals surface area (Å²) in [5.74, 6) is 0. The van der Waals surface area contributed by atoms with Gasteiger partial charge >= 0.3 is 0 Å². The molecule has 2 nitrogen and oxygen atoms in total. The number of rotatable bonds is 0. The summed E-state index contributed by atoms with van der Waals surface area (Å²) in [5, 5.41) is 3.55. The van der Waals surface area contributed by atoms with Gasteiger partial charge in [0.2, 0.25) is 0 Å². The molecule has 0 unspecified atom stereocenters. The summed E-state index contributed by atoms with van der Waals surface area (Å²) in [4.78, 5) is 4.53. The molecule has 4 rings (SSSR count). The number of nitrogens with zero attached hydrogens (tertiary/aromatic N) is 2. The zero-order valence-corrected chi connectivity index (χ0v) is 12.7. The van der Waals surface area contributed by atoms with E-state index in [0.717, 1.165) is 16.7 Å². The molecule has 0 N–H and O–H groups in total. The van der Waals surface area contributed by atoms with E-state index in [1.807, 2.05) is 18.3 Å². The Hall–Kier alpha value is -1.70. The van der Waals surface area contributed by atoms with Crippen LogP contribution in [0.1, 0.15) is 5.69 Å². The fourth-order valence-electron chi connectivity index (χ4n) is 2.66. The fraction of sp³-hybridized carbons (Fsp3) is 0.0625. The molecule has 1 radical (unpaired) electrons. The van der Waals surface area contributed by atoms with Gasteiger partial charge in [0.05, 0.1) is 5.65 Å². The van der Waals surface area contributed by atoms with Crippen LogP contribution in [-0.2, 0) is 20.1 Å². The molecular formula is C16H11IrN2-. The van der Waals surface area contributed by atoms with E-state index in [1.165, 1.54) is 16.3 Å². The summed E-state index contributed by atoms with van der Waals surface area (Å²) in [6.07, 6.45) is 1.92. The summed E-state index contributed by atoms with van der Waals surface area (Å²) in [5.41, 5.74) is 3.34. The maximum Gasteiger partial charge on any atom is 0.0610 e. The van der Waals surface area contributed by atoms with Gasteiger partial charge in [0, 0.05) is 37.5 Å². The number of benzene rings is 2. The van der Waals surface area contributed by atoms with Crippen LogP contribution >= 0.6 is 0 Å². The van der Waals surface area contributed by atoms with Crippen LogP contribution in [0.3, 0.4) is 0 Å². The Bertz CT molecular complexity index is 893. The normalized spacial score (nSPS) is 11.0. The molecular weight excluding hydrogens is 412 g/mol. The van der Waals surface area contributed by atoms with E-state index in [0.29, 0.717) is 0 Å². The topological polar surface area (TPSA) is 17.3 Å². The van der Waals surface area contributed by atoms with Gasteiger partial charge in [-0.05, 0) is 18.4 Å². The van der Waals surface area contributed by atoms with Crippen molar-refractivity contribution in [2.24, 2.45) is 0 Å². The van der Waals surface area contributed by atoms with Gasteiger partial charge in [-0.15, -0.1) is 29.7 Å². The maximum atomic E-state index is 4.53. The Labute approximate surface area is 124 Å². The minimum atomic E-state index is 0. The van der Waals surface area contributed by atoms with Crippen molar-refractivity contribution in [2.75, 3.05) is 0 Å². The predicted molar refractivity (Wildman–Crippen MR) is 73.8 cm³/mol. The van der Waals surface area contributed by atoms with Gasteiger partial charge in [0.1, 0.15) is 0 Å². The fourth-order valence-corrected chi connectivity index (χ4v) is 2.66. The Morgan fingerprint density at radius 3 is 2.74 bits per heavy atom. The minimum absolute atomic E-state index is 0. The molecule has 0 aliphatic rings. The smallest absolute Gasteiger partial charge is 0.0610 e. The van der Waals surface area contributed by atoms with Gasteiger partial charge < -0.3 is 4.40 Å². The number of aryl methyl sites for hydroxylation is 1. The van der Waals surface area contributed by atoms with Crippen molar-refractivity contribution >= 4 is 27.3 Å². The molecule has 3 heteroatoms. The van der Waals surface area contributed by atoms with E-state index in [-0.39, 0.29) is 20.1 Å². The van der Waals surface area contributed by atoms with Crippen LogP contribution in [0.5, 0.6) is 0 Å². The largest absolute Gasteiger partial charge is 0.338 e. The SMILES string of the molecule is Cc1cnc2c3[c-]cccc3c3ccccc3n12.[Ir]. The van der Waals surface area contributed by atoms with E-state index in [2.05, 4.69) is 52.7 Å². The van der Waals surface area contributed by atoms with Crippen molar-refractivity contribution in [3.8, 4) is 0 Å². The van der Waals surface area contributed by atoms with E-state index in [4.69, 9.17) is 0 Å². The predicted octanol–water partition coefficient (Wildman–Crippen LogP) is 3.75. The Morgan fingerprint density at radius 1 is 1.05 bits per heavy atom. The second kappa shape index (κ2) is 4.44. The maximum absolute atomic E-state index is 4.53. The number of para-hydroxylation sites is 1. The third kappa shape index (κ3) is 1.62. The van der Waals surface area contributed by atoms with Crippen LogP contribution in [0.4, 0.5) is 0 Å². The molecule has 2 aromatic carbocycles.